The molecule has 0 aliphatic carbocycles. The minimum atomic E-state index is -4.64. The lowest BCUT2D eigenvalue weighted by Crippen LogP contribution is -2.37. The van der Waals surface area contributed by atoms with Gasteiger partial charge in [-0.25, -0.2) is 0 Å². The van der Waals surface area contributed by atoms with Crippen molar-refractivity contribution >= 4 is 19.8 Å². The predicted molar refractivity (Wildman–Crippen MR) is 231 cm³/mol. The van der Waals surface area contributed by atoms with Gasteiger partial charge < -0.3 is 27.9 Å². The largest absolute Gasteiger partial charge is 0.756 e. The van der Waals surface area contributed by atoms with Crippen LogP contribution in [0, 0.1) is 0 Å². The van der Waals surface area contributed by atoms with E-state index in [0.717, 1.165) is 57.8 Å². The van der Waals surface area contributed by atoms with E-state index in [1.807, 2.05) is 27.2 Å². The van der Waals surface area contributed by atoms with Crippen molar-refractivity contribution in [3.8, 4) is 0 Å². The molecule has 0 aliphatic rings. The van der Waals surface area contributed by atoms with E-state index in [-0.39, 0.29) is 26.1 Å². The summed E-state index contributed by atoms with van der Waals surface area (Å²) in [5.74, 6) is -0.916. The van der Waals surface area contributed by atoms with E-state index in [9.17, 15) is 19.0 Å². The number of hydrogen-bond donors (Lipinski definition) is 0. The molecule has 0 fully saturated rings. The van der Waals surface area contributed by atoms with Gasteiger partial charge in [0.2, 0.25) is 0 Å². The molecule has 0 radical (unpaired) electrons. The van der Waals surface area contributed by atoms with Crippen LogP contribution in [0.4, 0.5) is 0 Å². The van der Waals surface area contributed by atoms with Crippen LogP contribution in [-0.4, -0.2) is 70.0 Å². The van der Waals surface area contributed by atoms with Gasteiger partial charge in [0.1, 0.15) is 19.8 Å². The van der Waals surface area contributed by atoms with Crippen LogP contribution in [0.15, 0.2) is 60.8 Å². The van der Waals surface area contributed by atoms with E-state index in [1.165, 1.54) is 64.2 Å². The number of unbranched alkanes of at least 4 members (excludes halogenated alkanes) is 15. The van der Waals surface area contributed by atoms with Crippen LogP contribution in [-0.2, 0) is 32.7 Å². The lowest BCUT2D eigenvalue weighted by atomic mass is 10.1. The van der Waals surface area contributed by atoms with Crippen molar-refractivity contribution < 1.29 is 42.1 Å². The first-order chi connectivity index (χ1) is 27.0. The van der Waals surface area contributed by atoms with Crippen molar-refractivity contribution in [2.45, 2.75) is 174 Å². The molecule has 56 heavy (non-hydrogen) atoms. The lowest BCUT2D eigenvalue weighted by molar-refractivity contribution is -0.870. The molecule has 0 amide bonds. The number of phosphoric acid groups is 1. The summed E-state index contributed by atoms with van der Waals surface area (Å²) < 4.78 is 33.8. The molecule has 0 aromatic carbocycles. The Kier molecular flexibility index (Phi) is 36.7. The highest BCUT2D eigenvalue weighted by Crippen LogP contribution is 2.38. The van der Waals surface area contributed by atoms with E-state index < -0.39 is 32.5 Å². The Morgan fingerprint density at radius 2 is 0.982 bits per heavy atom. The van der Waals surface area contributed by atoms with Gasteiger partial charge in [0.15, 0.2) is 6.10 Å². The maximum atomic E-state index is 12.6. The third-order valence-electron chi connectivity index (χ3n) is 9.01. The zero-order valence-corrected chi connectivity index (χ0v) is 37.2. The van der Waals surface area contributed by atoms with E-state index in [1.54, 1.807) is 0 Å². The van der Waals surface area contributed by atoms with E-state index >= 15 is 0 Å². The minimum Gasteiger partial charge on any atom is -0.756 e. The molecule has 0 aliphatic heterocycles. The molecule has 1 unspecified atom stereocenters. The number of hydrogen-bond acceptors (Lipinski definition) is 8. The van der Waals surface area contributed by atoms with Crippen molar-refractivity contribution in [1.29, 1.82) is 0 Å². The molecule has 0 aromatic rings. The fourth-order valence-electron chi connectivity index (χ4n) is 5.52. The van der Waals surface area contributed by atoms with Crippen LogP contribution in [0.1, 0.15) is 168 Å². The van der Waals surface area contributed by atoms with Crippen LogP contribution < -0.4 is 4.89 Å². The second kappa shape index (κ2) is 38.2. The van der Waals surface area contributed by atoms with E-state index in [4.69, 9.17) is 18.5 Å². The van der Waals surface area contributed by atoms with Crippen molar-refractivity contribution in [2.75, 3.05) is 47.5 Å². The molecule has 0 aromatic heterocycles. The number of carbonyl (C=O) groups is 2. The number of esters is 2. The molecule has 0 heterocycles. The number of phosphoric ester groups is 1. The molecule has 2 atom stereocenters. The van der Waals surface area contributed by atoms with Crippen molar-refractivity contribution in [2.24, 2.45) is 0 Å². The zero-order chi connectivity index (χ0) is 41.4. The quantitative estimate of drug-likeness (QED) is 0.0198. The number of likely N-dealkylation sites (N-methyl/N-ethyl adjacent to an activating group) is 1. The Morgan fingerprint density at radius 1 is 0.554 bits per heavy atom. The van der Waals surface area contributed by atoms with Crippen LogP contribution in [0.25, 0.3) is 0 Å². The lowest BCUT2D eigenvalue weighted by Gasteiger charge is -2.28. The summed E-state index contributed by atoms with van der Waals surface area (Å²) in [5.41, 5.74) is 0. The predicted octanol–water partition coefficient (Wildman–Crippen LogP) is 11.8. The molecule has 10 heteroatoms. The molecule has 0 rings (SSSR count). The third-order valence-corrected chi connectivity index (χ3v) is 9.97. The van der Waals surface area contributed by atoms with Crippen LogP contribution in [0.3, 0.4) is 0 Å². The maximum Gasteiger partial charge on any atom is 0.306 e. The zero-order valence-electron chi connectivity index (χ0n) is 36.3. The van der Waals surface area contributed by atoms with Crippen molar-refractivity contribution in [3.63, 3.8) is 0 Å². The SMILES string of the molecule is CCCCC/C=C/C/C=C/CCCCCCCC(=O)OC[C@H](COP(=O)([O-])OCC[N+](C)(C)C)OC(=O)CCC/C=C/C/C=C/C/C=C/CCCCCCCC. The third kappa shape index (κ3) is 41.3. The molecule has 9 nitrogen and oxygen atoms in total. The first-order valence-corrected chi connectivity index (χ1v) is 23.5. The number of ether oxygens (including phenoxy) is 2. The second-order valence-electron chi connectivity index (χ2n) is 15.7. The molecule has 324 valence electrons. The molecule has 0 saturated carbocycles. The molecule has 0 bridgehead atoms. The summed E-state index contributed by atoms with van der Waals surface area (Å²) in [4.78, 5) is 37.5. The summed E-state index contributed by atoms with van der Waals surface area (Å²) in [5, 5.41) is 0. The van der Waals surface area contributed by atoms with Crippen molar-refractivity contribution in [1.82, 2.24) is 0 Å². The van der Waals surface area contributed by atoms with Crippen LogP contribution in [0.2, 0.25) is 0 Å². The smallest absolute Gasteiger partial charge is 0.306 e. The highest BCUT2D eigenvalue weighted by Gasteiger charge is 2.21. The fraction of sp³-hybridized carbons (Fsp3) is 0.739. The van der Waals surface area contributed by atoms with Crippen LogP contribution in [0.5, 0.6) is 0 Å². The average Bonchev–Trinajstić information content (AvgIpc) is 3.15. The minimum absolute atomic E-state index is 0.0447. The Morgan fingerprint density at radius 3 is 1.52 bits per heavy atom. The number of allylic oxidation sites excluding steroid dienone is 10. The normalized spacial score (nSPS) is 14.2. The van der Waals surface area contributed by atoms with Gasteiger partial charge in [0.25, 0.3) is 7.82 Å². The highest BCUT2D eigenvalue weighted by atomic mass is 31.2. The maximum absolute atomic E-state index is 12.6. The first-order valence-electron chi connectivity index (χ1n) is 22.0. The van der Waals surface area contributed by atoms with Gasteiger partial charge in [-0.05, 0) is 77.0 Å². The molecular formula is C46H82NO8P. The van der Waals surface area contributed by atoms with Crippen LogP contribution >= 0.6 is 7.82 Å². The van der Waals surface area contributed by atoms with Gasteiger partial charge >= 0.3 is 11.9 Å². The number of quaternary nitrogens is 1. The van der Waals surface area contributed by atoms with Gasteiger partial charge in [-0.15, -0.1) is 0 Å². The molecular weight excluding hydrogens is 725 g/mol. The highest BCUT2D eigenvalue weighted by molar-refractivity contribution is 7.45. The van der Waals surface area contributed by atoms with Gasteiger partial charge in [-0.2, -0.15) is 0 Å². The van der Waals surface area contributed by atoms with Gasteiger partial charge in [0, 0.05) is 12.8 Å². The van der Waals surface area contributed by atoms with E-state index in [2.05, 4.69) is 68.5 Å². The summed E-state index contributed by atoms with van der Waals surface area (Å²) in [7, 11) is 1.12. The topological polar surface area (TPSA) is 111 Å². The Bertz CT molecular complexity index is 1140. The second-order valence-corrected chi connectivity index (χ2v) is 17.1. The first kappa shape index (κ1) is 53.7. The van der Waals surface area contributed by atoms with Gasteiger partial charge in [-0.3, -0.25) is 14.2 Å². The number of rotatable bonds is 39. The monoisotopic (exact) mass is 808 g/mol. The van der Waals surface area contributed by atoms with Gasteiger partial charge in [0.05, 0.1) is 27.7 Å². The fourth-order valence-corrected chi connectivity index (χ4v) is 6.25. The summed E-state index contributed by atoms with van der Waals surface area (Å²) >= 11 is 0. The molecule has 0 N–H and O–H groups in total. The Hall–Kier alpha value is -2.29. The van der Waals surface area contributed by atoms with Crippen molar-refractivity contribution in [3.05, 3.63) is 60.8 Å². The van der Waals surface area contributed by atoms with Gasteiger partial charge in [-0.1, -0.05) is 139 Å². The Balaban J connectivity index is 4.49. The number of carbonyl (C=O) groups excluding carboxylic acids is 2. The molecule has 0 spiro atoms. The molecule has 0 saturated heterocycles. The van der Waals surface area contributed by atoms with E-state index in [0.29, 0.717) is 30.3 Å². The number of nitrogens with zero attached hydrogens (tertiary/aromatic N) is 1. The summed E-state index contributed by atoms with van der Waals surface area (Å²) in [6.45, 7) is 4.10. The summed E-state index contributed by atoms with van der Waals surface area (Å²) in [6, 6.07) is 0. The standard InChI is InChI=1S/C46H82NO8P/c1-6-8-10-12-14-16-18-20-22-23-25-27-29-31-33-35-37-39-46(49)55-44(43-54-56(50,51)53-41-40-47(3,4)5)42-52-45(48)38-36-34-32-30-28-26-24-21-19-17-15-13-11-9-7-2/h15,17,20-22,24-25,27,31,33,44H,6-14,16,18-19,23,26,28-30,32,34-43H2,1-5H3/b17-15+,22-20+,24-21+,27-25+,33-31+/t44-/m1/s1. The Labute approximate surface area is 343 Å². The summed E-state index contributed by atoms with van der Waals surface area (Å²) in [6.07, 6.45) is 45.4. The average molecular weight is 808 g/mol.